The highest BCUT2D eigenvalue weighted by Gasteiger charge is 2.20. The Morgan fingerprint density at radius 3 is 2.71 bits per heavy atom. The van der Waals surface area contributed by atoms with Gasteiger partial charge in [-0.3, -0.25) is 5.32 Å². The fraction of sp³-hybridized carbons (Fsp3) is 0.429. The summed E-state index contributed by atoms with van der Waals surface area (Å²) >= 11 is 1.32. The topological polar surface area (TPSA) is 54.7 Å². The van der Waals surface area contributed by atoms with Crippen LogP contribution in [0.2, 0.25) is 0 Å². The minimum Gasteiger partial charge on any atom is -0.365 e. The predicted octanol–water partition coefficient (Wildman–Crippen LogP) is 2.00. The molecule has 0 aliphatic carbocycles. The number of rotatable bonds is 2. The van der Waals surface area contributed by atoms with Crippen molar-refractivity contribution < 1.29 is 4.39 Å². The average molecular weight is 307 g/mol. The van der Waals surface area contributed by atoms with E-state index in [9.17, 15) is 4.39 Å². The average Bonchev–Trinajstić information content (AvgIpc) is 2.48. The Balaban J connectivity index is 2.34. The first-order valence-corrected chi connectivity index (χ1v) is 7.88. The molecule has 21 heavy (non-hydrogen) atoms. The molecule has 0 spiro atoms. The predicted molar refractivity (Wildman–Crippen MR) is 85.5 cm³/mol. The van der Waals surface area contributed by atoms with Gasteiger partial charge in [0, 0.05) is 26.2 Å². The Morgan fingerprint density at radius 2 is 2.10 bits per heavy atom. The van der Waals surface area contributed by atoms with Gasteiger partial charge in [0.1, 0.15) is 5.82 Å². The Morgan fingerprint density at radius 1 is 1.38 bits per heavy atom. The SMILES string of the molecule is CSC(=Nc1cccc(F)c1N1CCN(C)CC1)NC#N. The van der Waals surface area contributed by atoms with Crippen LogP contribution in [-0.4, -0.2) is 49.6 Å². The number of thioether (sulfide) groups is 1. The molecule has 1 N–H and O–H groups in total. The Labute approximate surface area is 128 Å². The number of anilines is 1. The van der Waals surface area contributed by atoms with Gasteiger partial charge in [0.25, 0.3) is 0 Å². The van der Waals surface area contributed by atoms with Crippen LogP contribution < -0.4 is 10.2 Å². The minimum atomic E-state index is -0.279. The molecule has 2 rings (SSSR count). The molecule has 0 radical (unpaired) electrons. The van der Waals surface area contributed by atoms with Crippen LogP contribution in [0, 0.1) is 17.3 Å². The number of benzene rings is 1. The summed E-state index contributed by atoms with van der Waals surface area (Å²) in [7, 11) is 2.06. The van der Waals surface area contributed by atoms with E-state index in [2.05, 4.69) is 22.3 Å². The molecule has 1 aliphatic rings. The van der Waals surface area contributed by atoms with Gasteiger partial charge < -0.3 is 9.80 Å². The molecule has 0 aromatic heterocycles. The summed E-state index contributed by atoms with van der Waals surface area (Å²) in [6.07, 6.45) is 3.66. The molecular formula is C14H18FN5S. The molecule has 0 saturated carbocycles. The fourth-order valence-electron chi connectivity index (χ4n) is 2.22. The Bertz CT molecular complexity index is 561. The first-order valence-electron chi connectivity index (χ1n) is 6.65. The summed E-state index contributed by atoms with van der Waals surface area (Å²) in [5.41, 5.74) is 1.06. The number of amidine groups is 1. The summed E-state index contributed by atoms with van der Waals surface area (Å²) in [6, 6.07) is 4.85. The molecular weight excluding hydrogens is 289 g/mol. The summed E-state index contributed by atoms with van der Waals surface area (Å²) in [5.74, 6) is -0.279. The summed E-state index contributed by atoms with van der Waals surface area (Å²) < 4.78 is 14.3. The highest BCUT2D eigenvalue weighted by Crippen LogP contribution is 2.32. The number of piperazine rings is 1. The molecule has 1 aromatic rings. The maximum Gasteiger partial charge on any atom is 0.183 e. The number of nitrogens with one attached hydrogen (secondary N) is 1. The van der Waals surface area contributed by atoms with E-state index >= 15 is 0 Å². The van der Waals surface area contributed by atoms with E-state index < -0.39 is 0 Å². The van der Waals surface area contributed by atoms with Crippen molar-refractivity contribution in [1.82, 2.24) is 10.2 Å². The van der Waals surface area contributed by atoms with E-state index in [0.29, 0.717) is 16.5 Å². The summed E-state index contributed by atoms with van der Waals surface area (Å²) in [4.78, 5) is 8.60. The Kier molecular flexibility index (Phi) is 5.42. The van der Waals surface area contributed by atoms with Gasteiger partial charge in [-0.2, -0.15) is 5.26 Å². The number of aliphatic imine (C=N–C) groups is 1. The molecule has 1 saturated heterocycles. The molecule has 7 heteroatoms. The van der Waals surface area contributed by atoms with E-state index in [1.54, 1.807) is 12.1 Å². The lowest BCUT2D eigenvalue weighted by molar-refractivity contribution is 0.312. The van der Waals surface area contributed by atoms with Gasteiger partial charge in [-0.15, -0.1) is 0 Å². The Hall–Kier alpha value is -1.78. The number of hydrogen-bond acceptors (Lipinski definition) is 5. The first kappa shape index (κ1) is 15.6. The summed E-state index contributed by atoms with van der Waals surface area (Å²) in [6.45, 7) is 3.31. The lowest BCUT2D eigenvalue weighted by Gasteiger charge is -2.34. The van der Waals surface area contributed by atoms with Crippen molar-refractivity contribution in [3.63, 3.8) is 0 Å². The number of hydrogen-bond donors (Lipinski definition) is 1. The van der Waals surface area contributed by atoms with E-state index in [-0.39, 0.29) is 5.82 Å². The van der Waals surface area contributed by atoms with Crippen molar-refractivity contribution in [3.05, 3.63) is 24.0 Å². The second-order valence-electron chi connectivity index (χ2n) is 4.76. The maximum absolute atomic E-state index is 14.3. The van der Waals surface area contributed by atoms with Gasteiger partial charge in [-0.25, -0.2) is 9.38 Å². The van der Waals surface area contributed by atoms with Crippen LogP contribution >= 0.6 is 11.8 Å². The second kappa shape index (κ2) is 7.29. The van der Waals surface area contributed by atoms with Crippen LogP contribution in [0.4, 0.5) is 15.8 Å². The molecule has 5 nitrogen and oxygen atoms in total. The smallest absolute Gasteiger partial charge is 0.183 e. The normalized spacial score (nSPS) is 16.7. The number of likely N-dealkylation sites (N-methyl/N-ethyl adjacent to an activating group) is 1. The van der Waals surface area contributed by atoms with Crippen LogP contribution in [0.1, 0.15) is 0 Å². The van der Waals surface area contributed by atoms with Crippen LogP contribution in [0.5, 0.6) is 0 Å². The third kappa shape index (κ3) is 3.86. The van der Waals surface area contributed by atoms with Crippen LogP contribution in [0.25, 0.3) is 0 Å². The standard InChI is InChI=1S/C14H18FN5S/c1-19-6-8-20(9-7-19)13-11(15)4-3-5-12(13)18-14(21-2)17-10-16/h3-5H,6-9H2,1-2H3,(H,17,18). The highest BCUT2D eigenvalue weighted by atomic mass is 32.2. The van der Waals surface area contributed by atoms with Gasteiger partial charge >= 0.3 is 0 Å². The van der Waals surface area contributed by atoms with Crippen molar-refractivity contribution >= 4 is 28.3 Å². The quantitative estimate of drug-likeness (QED) is 0.392. The molecule has 1 heterocycles. The van der Waals surface area contributed by atoms with Crippen LogP contribution in [-0.2, 0) is 0 Å². The van der Waals surface area contributed by atoms with Crippen molar-refractivity contribution in [2.24, 2.45) is 4.99 Å². The molecule has 0 bridgehead atoms. The molecule has 0 atom stereocenters. The zero-order chi connectivity index (χ0) is 15.2. The molecule has 0 unspecified atom stereocenters. The first-order chi connectivity index (χ1) is 10.2. The van der Waals surface area contributed by atoms with E-state index in [0.717, 1.165) is 26.2 Å². The van der Waals surface area contributed by atoms with Crippen molar-refractivity contribution in [1.29, 1.82) is 5.26 Å². The highest BCUT2D eigenvalue weighted by molar-refractivity contribution is 8.13. The maximum atomic E-state index is 14.3. The van der Waals surface area contributed by atoms with E-state index in [1.165, 1.54) is 17.8 Å². The monoisotopic (exact) mass is 307 g/mol. The lowest BCUT2D eigenvalue weighted by atomic mass is 10.2. The van der Waals surface area contributed by atoms with Crippen molar-refractivity contribution in [2.75, 3.05) is 44.4 Å². The van der Waals surface area contributed by atoms with Gasteiger partial charge in [0.15, 0.2) is 11.4 Å². The minimum absolute atomic E-state index is 0.279. The fourth-order valence-corrected chi connectivity index (χ4v) is 2.56. The number of halogens is 1. The lowest BCUT2D eigenvalue weighted by Crippen LogP contribution is -2.44. The third-order valence-electron chi connectivity index (χ3n) is 3.36. The van der Waals surface area contributed by atoms with Gasteiger partial charge in [0.05, 0.1) is 11.4 Å². The molecule has 0 amide bonds. The van der Waals surface area contributed by atoms with Crippen molar-refractivity contribution in [2.45, 2.75) is 0 Å². The second-order valence-corrected chi connectivity index (χ2v) is 5.55. The van der Waals surface area contributed by atoms with Crippen LogP contribution in [0.3, 0.4) is 0 Å². The number of nitriles is 1. The third-order valence-corrected chi connectivity index (χ3v) is 3.94. The van der Waals surface area contributed by atoms with Gasteiger partial charge in [-0.1, -0.05) is 17.8 Å². The zero-order valence-corrected chi connectivity index (χ0v) is 13.0. The molecule has 1 aliphatic heterocycles. The molecule has 1 aromatic carbocycles. The van der Waals surface area contributed by atoms with Crippen molar-refractivity contribution in [3.8, 4) is 6.19 Å². The largest absolute Gasteiger partial charge is 0.365 e. The van der Waals surface area contributed by atoms with Gasteiger partial charge in [0.2, 0.25) is 0 Å². The molecule has 112 valence electrons. The summed E-state index contributed by atoms with van der Waals surface area (Å²) in [5, 5.41) is 11.7. The number of para-hydroxylation sites is 1. The van der Waals surface area contributed by atoms with Crippen LogP contribution in [0.15, 0.2) is 23.2 Å². The zero-order valence-electron chi connectivity index (χ0n) is 12.1. The van der Waals surface area contributed by atoms with E-state index in [4.69, 9.17) is 5.26 Å². The van der Waals surface area contributed by atoms with Gasteiger partial charge in [-0.05, 0) is 25.4 Å². The molecule has 1 fully saturated rings. The van der Waals surface area contributed by atoms with E-state index in [1.807, 2.05) is 17.3 Å². The number of nitrogens with zero attached hydrogens (tertiary/aromatic N) is 4.